The minimum Gasteiger partial charge on any atom is -0.495 e. The smallest absolute Gasteiger partial charge is 0.269 e. The predicted octanol–water partition coefficient (Wildman–Crippen LogP) is 3.58. The number of methoxy groups -OCH3 is 1. The molecule has 3 rings (SSSR count). The van der Waals surface area contributed by atoms with Crippen molar-refractivity contribution in [3.05, 3.63) is 65.9 Å². The Balaban J connectivity index is 1.72. The lowest BCUT2D eigenvalue weighted by Gasteiger charge is -2.13. The highest BCUT2D eigenvalue weighted by atomic mass is 32.2. The predicted molar refractivity (Wildman–Crippen MR) is 112 cm³/mol. The molecule has 0 bridgehead atoms. The Hall–Kier alpha value is -3.00. The number of carbonyl (C=O) groups excluding carboxylic acids is 1. The normalized spacial score (nSPS) is 14.3. The Bertz CT molecular complexity index is 1000. The number of nitrogens with one attached hydrogen (secondary N) is 3. The first-order chi connectivity index (χ1) is 14.0. The van der Waals surface area contributed by atoms with E-state index in [1.807, 2.05) is 0 Å². The number of hydrogen-bond acceptors (Lipinski definition) is 5. The summed E-state index contributed by atoms with van der Waals surface area (Å²) < 4.78 is 33.2. The summed E-state index contributed by atoms with van der Waals surface area (Å²) in [6, 6.07) is 12.6. The number of carbonyl (C=O) groups is 1. The molecular formula is C21H25N3O4S. The van der Waals surface area contributed by atoms with Gasteiger partial charge in [-0.3, -0.25) is 14.9 Å². The zero-order chi connectivity index (χ0) is 20.7. The molecule has 0 saturated carbocycles. The fraction of sp³-hybridized carbons (Fsp3) is 0.286. The van der Waals surface area contributed by atoms with Gasteiger partial charge in [-0.05, 0) is 56.0 Å². The molecule has 0 atom stereocenters. The molecule has 3 N–H and O–H groups in total. The highest BCUT2D eigenvalue weighted by molar-refractivity contribution is 7.92. The highest BCUT2D eigenvalue weighted by Crippen LogP contribution is 2.26. The van der Waals surface area contributed by atoms with Crippen LogP contribution in [0.5, 0.6) is 5.75 Å². The van der Waals surface area contributed by atoms with E-state index in [4.69, 9.17) is 4.74 Å². The molecule has 29 heavy (non-hydrogen) atoms. The van der Waals surface area contributed by atoms with Gasteiger partial charge in [0.2, 0.25) is 0 Å². The molecule has 7 nitrogen and oxygen atoms in total. The highest BCUT2D eigenvalue weighted by Gasteiger charge is 2.18. The van der Waals surface area contributed by atoms with Crippen LogP contribution in [0.2, 0.25) is 0 Å². The van der Waals surface area contributed by atoms with Gasteiger partial charge in [0.1, 0.15) is 5.75 Å². The van der Waals surface area contributed by atoms with Crippen LogP contribution in [0.4, 0.5) is 5.69 Å². The van der Waals surface area contributed by atoms with Crippen LogP contribution >= 0.6 is 0 Å². The summed E-state index contributed by atoms with van der Waals surface area (Å²) in [5.74, 6) is 0.00957. The Morgan fingerprint density at radius 1 is 1.03 bits per heavy atom. The number of allylic oxidation sites excluding steroid dienone is 2. The van der Waals surface area contributed by atoms with E-state index in [9.17, 15) is 13.2 Å². The van der Waals surface area contributed by atoms with E-state index in [0.29, 0.717) is 11.4 Å². The van der Waals surface area contributed by atoms with Gasteiger partial charge in [-0.25, -0.2) is 8.42 Å². The van der Waals surface area contributed by atoms with E-state index < -0.39 is 15.9 Å². The van der Waals surface area contributed by atoms with Crippen LogP contribution in [-0.4, -0.2) is 21.4 Å². The summed E-state index contributed by atoms with van der Waals surface area (Å²) in [5, 5.41) is 0. The molecule has 0 radical (unpaired) electrons. The maximum Gasteiger partial charge on any atom is 0.269 e. The van der Waals surface area contributed by atoms with Gasteiger partial charge < -0.3 is 10.2 Å². The maximum absolute atomic E-state index is 12.8. The molecule has 0 heterocycles. The number of benzene rings is 2. The molecule has 0 unspecified atom stereocenters. The molecular weight excluding hydrogens is 390 g/mol. The zero-order valence-corrected chi connectivity index (χ0v) is 17.1. The molecule has 8 heteroatoms. The van der Waals surface area contributed by atoms with Crippen molar-refractivity contribution in [2.45, 2.75) is 37.0 Å². The summed E-state index contributed by atoms with van der Waals surface area (Å²) in [6.45, 7) is 0. The van der Waals surface area contributed by atoms with Crippen molar-refractivity contribution in [1.29, 1.82) is 0 Å². The summed E-state index contributed by atoms with van der Waals surface area (Å²) in [5.41, 5.74) is 7.16. The molecule has 0 saturated heterocycles. The molecule has 0 fully saturated rings. The topological polar surface area (TPSA) is 96.5 Å². The SMILES string of the molecule is COc1ccccc1NS(=O)(=O)c1cccc(C(=O)NNC2=CCCCCC2)c1. The molecule has 1 amide bonds. The first-order valence-electron chi connectivity index (χ1n) is 9.51. The van der Waals surface area contributed by atoms with Crippen molar-refractivity contribution in [1.82, 2.24) is 10.9 Å². The molecule has 0 aliphatic heterocycles. The van der Waals surface area contributed by atoms with E-state index in [1.165, 1.54) is 31.7 Å². The molecule has 2 aromatic rings. The van der Waals surface area contributed by atoms with E-state index in [2.05, 4.69) is 21.6 Å². The maximum atomic E-state index is 12.8. The standard InChI is InChI=1S/C21H25N3O4S/c1-28-20-14-7-6-13-19(20)24-29(26,27)18-12-8-9-16(15-18)21(25)23-22-17-10-4-2-3-5-11-17/h6-10,12-15,22,24H,2-5,11H2,1H3,(H,23,25). The Morgan fingerprint density at radius 2 is 1.86 bits per heavy atom. The largest absolute Gasteiger partial charge is 0.495 e. The first-order valence-corrected chi connectivity index (χ1v) is 11.0. The van der Waals surface area contributed by atoms with Crippen LogP contribution in [0.3, 0.4) is 0 Å². The lowest BCUT2D eigenvalue weighted by molar-refractivity contribution is 0.0938. The second kappa shape index (κ2) is 9.47. The average Bonchev–Trinajstić information content (AvgIpc) is 3.01. The van der Waals surface area contributed by atoms with Crippen molar-refractivity contribution >= 4 is 21.6 Å². The van der Waals surface area contributed by atoms with Crippen molar-refractivity contribution in [3.8, 4) is 5.75 Å². The zero-order valence-electron chi connectivity index (χ0n) is 16.3. The molecule has 1 aliphatic carbocycles. The number of sulfonamides is 1. The second-order valence-corrected chi connectivity index (χ2v) is 8.42. The van der Waals surface area contributed by atoms with Crippen LogP contribution in [0.25, 0.3) is 0 Å². The van der Waals surface area contributed by atoms with E-state index >= 15 is 0 Å². The van der Waals surface area contributed by atoms with Gasteiger partial charge in [-0.2, -0.15) is 0 Å². The van der Waals surface area contributed by atoms with Crippen LogP contribution in [0, 0.1) is 0 Å². The van der Waals surface area contributed by atoms with Crippen molar-refractivity contribution in [2.24, 2.45) is 0 Å². The molecule has 0 spiro atoms. The van der Waals surface area contributed by atoms with Crippen LogP contribution in [0.1, 0.15) is 42.5 Å². The van der Waals surface area contributed by atoms with Gasteiger partial charge in [0, 0.05) is 11.3 Å². The Labute approximate surface area is 171 Å². The number of hydrogen-bond donors (Lipinski definition) is 3. The minimum atomic E-state index is -3.88. The fourth-order valence-electron chi connectivity index (χ4n) is 3.07. The number of rotatable bonds is 7. The van der Waals surface area contributed by atoms with Crippen molar-refractivity contribution < 1.29 is 17.9 Å². The van der Waals surface area contributed by atoms with Gasteiger partial charge in [0.05, 0.1) is 17.7 Å². The fourth-order valence-corrected chi connectivity index (χ4v) is 4.19. The monoisotopic (exact) mass is 415 g/mol. The number of ether oxygens (including phenoxy) is 1. The number of hydrazine groups is 1. The minimum absolute atomic E-state index is 0.00950. The van der Waals surface area contributed by atoms with Gasteiger partial charge in [-0.15, -0.1) is 0 Å². The van der Waals surface area contributed by atoms with Crippen LogP contribution < -0.4 is 20.3 Å². The average molecular weight is 416 g/mol. The summed E-state index contributed by atoms with van der Waals surface area (Å²) >= 11 is 0. The lowest BCUT2D eigenvalue weighted by Crippen LogP contribution is -2.36. The summed E-state index contributed by atoms with van der Waals surface area (Å²) in [4.78, 5) is 12.5. The van der Waals surface area contributed by atoms with Crippen LogP contribution in [-0.2, 0) is 10.0 Å². The second-order valence-electron chi connectivity index (χ2n) is 6.74. The first kappa shape index (κ1) is 20.7. The van der Waals surface area contributed by atoms with Crippen LogP contribution in [0.15, 0.2) is 65.2 Å². The number of amides is 1. The Morgan fingerprint density at radius 3 is 2.69 bits per heavy atom. The van der Waals surface area contributed by atoms with Gasteiger partial charge in [0.25, 0.3) is 15.9 Å². The van der Waals surface area contributed by atoms with E-state index in [1.54, 1.807) is 30.3 Å². The van der Waals surface area contributed by atoms with Gasteiger partial charge >= 0.3 is 0 Å². The molecule has 2 aromatic carbocycles. The molecule has 1 aliphatic rings. The lowest BCUT2D eigenvalue weighted by atomic mass is 10.2. The molecule has 154 valence electrons. The summed E-state index contributed by atoms with van der Waals surface area (Å²) in [7, 11) is -2.42. The quantitative estimate of drug-likeness (QED) is 0.601. The van der Waals surface area contributed by atoms with Gasteiger partial charge in [0.15, 0.2) is 0 Å². The van der Waals surface area contributed by atoms with Crippen molar-refractivity contribution in [2.75, 3.05) is 11.8 Å². The number of anilines is 1. The third kappa shape index (κ3) is 5.51. The third-order valence-corrected chi connectivity index (χ3v) is 6.00. The third-order valence-electron chi connectivity index (χ3n) is 4.64. The molecule has 0 aromatic heterocycles. The summed E-state index contributed by atoms with van der Waals surface area (Å²) in [6.07, 6.45) is 7.37. The van der Waals surface area contributed by atoms with Crippen molar-refractivity contribution in [3.63, 3.8) is 0 Å². The number of para-hydroxylation sites is 2. The van der Waals surface area contributed by atoms with E-state index in [-0.39, 0.29) is 10.5 Å². The van der Waals surface area contributed by atoms with E-state index in [0.717, 1.165) is 31.4 Å². The van der Waals surface area contributed by atoms with Gasteiger partial charge in [-0.1, -0.05) is 30.7 Å². The Kier molecular flexibility index (Phi) is 6.77.